The predicted molar refractivity (Wildman–Crippen MR) is 128 cm³/mol. The van der Waals surface area contributed by atoms with Crippen LogP contribution in [0.1, 0.15) is 62.0 Å². The standard InChI is InChI=1S/C21H22N4O.C4H9NO2/c1-13(2)15-5-7-16(8-6-15)21-18-11-17(26-4)9-10-19(18)25-14(3)23-24-20(25)12-22-21;1-3(2)7-4(5)6/h5-11,13H,12H2,1-4H3;3H,1-2H3,(H2,5,6). The average molecular weight is 450 g/mol. The van der Waals surface area contributed by atoms with E-state index in [0.717, 1.165) is 39.9 Å². The van der Waals surface area contributed by atoms with E-state index in [-0.39, 0.29) is 6.10 Å². The SMILES string of the molecule is CC(C)OC(N)=O.COc1ccc2c(c1)C(c1ccc(C(C)C)cc1)=NCc1nnc(C)n1-2. The number of hydrogen-bond acceptors (Lipinski definition) is 6. The zero-order chi connectivity index (χ0) is 24.1. The maximum Gasteiger partial charge on any atom is 0.404 e. The Bertz CT molecular complexity index is 1150. The number of primary amides is 1. The Kier molecular flexibility index (Phi) is 7.48. The summed E-state index contributed by atoms with van der Waals surface area (Å²) in [4.78, 5) is 14.7. The minimum Gasteiger partial charge on any atom is -0.497 e. The largest absolute Gasteiger partial charge is 0.497 e. The van der Waals surface area contributed by atoms with E-state index in [1.54, 1.807) is 21.0 Å². The summed E-state index contributed by atoms with van der Waals surface area (Å²) in [5, 5.41) is 8.52. The summed E-state index contributed by atoms with van der Waals surface area (Å²) in [6.07, 6.45) is -0.813. The minimum atomic E-state index is -0.713. The first kappa shape index (κ1) is 24.0. The number of benzene rings is 2. The maximum absolute atomic E-state index is 9.81. The maximum atomic E-state index is 9.81. The molecule has 2 N–H and O–H groups in total. The van der Waals surface area contributed by atoms with Crippen LogP contribution < -0.4 is 10.5 Å². The molecular weight excluding hydrogens is 418 g/mol. The molecule has 1 amide bonds. The summed E-state index contributed by atoms with van der Waals surface area (Å²) in [5.74, 6) is 3.02. The number of aryl methyl sites for hydroxylation is 1. The highest BCUT2D eigenvalue weighted by atomic mass is 16.6. The molecule has 1 aliphatic rings. The second-order valence-corrected chi connectivity index (χ2v) is 8.31. The Morgan fingerprint density at radius 3 is 2.30 bits per heavy atom. The first-order valence-corrected chi connectivity index (χ1v) is 10.9. The molecule has 0 unspecified atom stereocenters. The van der Waals surface area contributed by atoms with E-state index in [4.69, 9.17) is 9.73 Å². The molecule has 0 aliphatic carbocycles. The Hall–Kier alpha value is -3.68. The van der Waals surface area contributed by atoms with Crippen molar-refractivity contribution in [1.29, 1.82) is 0 Å². The lowest BCUT2D eigenvalue weighted by Crippen LogP contribution is -2.17. The third-order valence-corrected chi connectivity index (χ3v) is 5.17. The van der Waals surface area contributed by atoms with Gasteiger partial charge in [0.05, 0.1) is 24.6 Å². The number of nitrogens with two attached hydrogens (primary N) is 1. The number of methoxy groups -OCH3 is 1. The number of hydrogen-bond donors (Lipinski definition) is 1. The molecule has 3 aromatic rings. The number of aromatic nitrogens is 3. The van der Waals surface area contributed by atoms with Crippen LogP contribution in [0.15, 0.2) is 47.5 Å². The first-order chi connectivity index (χ1) is 15.7. The number of carbonyl (C=O) groups is 1. The number of rotatable bonds is 4. The van der Waals surface area contributed by atoms with Crippen molar-refractivity contribution in [3.63, 3.8) is 0 Å². The van der Waals surface area contributed by atoms with Gasteiger partial charge in [-0.2, -0.15) is 0 Å². The van der Waals surface area contributed by atoms with Gasteiger partial charge in [-0.05, 0) is 50.5 Å². The van der Waals surface area contributed by atoms with Crippen LogP contribution >= 0.6 is 0 Å². The van der Waals surface area contributed by atoms with Crippen molar-refractivity contribution in [3.8, 4) is 11.4 Å². The molecule has 2 heterocycles. The molecule has 2 aromatic carbocycles. The van der Waals surface area contributed by atoms with Gasteiger partial charge in [-0.25, -0.2) is 4.79 Å². The number of nitrogens with zero attached hydrogens (tertiary/aromatic N) is 4. The number of amides is 1. The predicted octanol–water partition coefficient (Wildman–Crippen LogP) is 4.55. The van der Waals surface area contributed by atoms with Crippen molar-refractivity contribution in [2.75, 3.05) is 7.11 Å². The Balaban J connectivity index is 0.000000383. The van der Waals surface area contributed by atoms with Gasteiger partial charge in [0, 0.05) is 11.1 Å². The number of carbonyl (C=O) groups excluding carboxylic acids is 1. The Morgan fingerprint density at radius 2 is 1.76 bits per heavy atom. The monoisotopic (exact) mass is 449 g/mol. The normalized spacial score (nSPS) is 12.2. The van der Waals surface area contributed by atoms with Crippen molar-refractivity contribution < 1.29 is 14.3 Å². The molecule has 33 heavy (non-hydrogen) atoms. The summed E-state index contributed by atoms with van der Waals surface area (Å²) in [7, 11) is 1.68. The molecule has 0 saturated heterocycles. The molecule has 4 rings (SSSR count). The van der Waals surface area contributed by atoms with Gasteiger partial charge in [-0.3, -0.25) is 9.56 Å². The molecule has 174 valence electrons. The number of aliphatic imine (C=N–C) groups is 1. The average Bonchev–Trinajstić information content (AvgIpc) is 3.05. The van der Waals surface area contributed by atoms with Gasteiger partial charge in [0.2, 0.25) is 0 Å². The lowest BCUT2D eigenvalue weighted by Gasteiger charge is -2.14. The zero-order valence-corrected chi connectivity index (χ0v) is 20.0. The number of ether oxygens (including phenoxy) is 2. The third-order valence-electron chi connectivity index (χ3n) is 5.17. The van der Waals surface area contributed by atoms with Crippen molar-refractivity contribution in [2.24, 2.45) is 10.7 Å². The third kappa shape index (κ3) is 5.58. The van der Waals surface area contributed by atoms with Crippen molar-refractivity contribution in [1.82, 2.24) is 14.8 Å². The van der Waals surface area contributed by atoms with E-state index in [1.165, 1.54) is 5.56 Å². The second-order valence-electron chi connectivity index (χ2n) is 8.31. The molecule has 0 fully saturated rings. The summed E-state index contributed by atoms with van der Waals surface area (Å²) in [6.45, 7) is 10.3. The van der Waals surface area contributed by atoms with E-state index >= 15 is 0 Å². The van der Waals surface area contributed by atoms with Gasteiger partial charge in [-0.15, -0.1) is 10.2 Å². The van der Waals surface area contributed by atoms with E-state index in [0.29, 0.717) is 12.5 Å². The van der Waals surface area contributed by atoms with E-state index in [2.05, 4.69) is 69.4 Å². The van der Waals surface area contributed by atoms with Crippen LogP contribution in [-0.4, -0.2) is 39.8 Å². The summed E-state index contributed by atoms with van der Waals surface area (Å²) in [6, 6.07) is 14.7. The van der Waals surface area contributed by atoms with Crippen LogP contribution in [0.4, 0.5) is 4.79 Å². The topological polar surface area (TPSA) is 105 Å². The highest BCUT2D eigenvalue weighted by molar-refractivity contribution is 6.15. The van der Waals surface area contributed by atoms with Gasteiger partial charge in [0.1, 0.15) is 18.1 Å². The molecular formula is C25H31N5O3. The van der Waals surface area contributed by atoms with Crippen LogP contribution in [0.25, 0.3) is 5.69 Å². The van der Waals surface area contributed by atoms with Gasteiger partial charge in [0.15, 0.2) is 5.82 Å². The van der Waals surface area contributed by atoms with Crippen LogP contribution in [0.2, 0.25) is 0 Å². The smallest absolute Gasteiger partial charge is 0.404 e. The second kappa shape index (κ2) is 10.3. The molecule has 8 heteroatoms. The van der Waals surface area contributed by atoms with Gasteiger partial charge in [0.25, 0.3) is 0 Å². The van der Waals surface area contributed by atoms with Crippen LogP contribution in [0.5, 0.6) is 5.75 Å². The Morgan fingerprint density at radius 1 is 1.06 bits per heavy atom. The fourth-order valence-electron chi connectivity index (χ4n) is 3.59. The van der Waals surface area contributed by atoms with Crippen molar-refractivity contribution in [2.45, 2.75) is 53.2 Å². The molecule has 8 nitrogen and oxygen atoms in total. The van der Waals surface area contributed by atoms with Crippen molar-refractivity contribution >= 4 is 11.8 Å². The van der Waals surface area contributed by atoms with E-state index in [9.17, 15) is 4.79 Å². The number of fused-ring (bicyclic) bond motifs is 3. The fraction of sp³-hybridized carbons (Fsp3) is 0.360. The van der Waals surface area contributed by atoms with Gasteiger partial charge < -0.3 is 15.2 Å². The van der Waals surface area contributed by atoms with Crippen LogP contribution in [0.3, 0.4) is 0 Å². The lowest BCUT2D eigenvalue weighted by molar-refractivity contribution is 0.125. The molecule has 0 radical (unpaired) electrons. The lowest BCUT2D eigenvalue weighted by atomic mass is 9.96. The molecule has 0 bridgehead atoms. The van der Waals surface area contributed by atoms with Crippen molar-refractivity contribution in [3.05, 3.63) is 70.8 Å². The van der Waals surface area contributed by atoms with E-state index in [1.807, 2.05) is 19.1 Å². The highest BCUT2D eigenvalue weighted by Crippen LogP contribution is 2.29. The quantitative estimate of drug-likeness (QED) is 0.629. The molecule has 1 aliphatic heterocycles. The first-order valence-electron chi connectivity index (χ1n) is 10.9. The molecule has 1 aromatic heterocycles. The highest BCUT2D eigenvalue weighted by Gasteiger charge is 2.22. The molecule has 0 spiro atoms. The fourth-order valence-corrected chi connectivity index (χ4v) is 3.59. The van der Waals surface area contributed by atoms with Crippen LogP contribution in [-0.2, 0) is 11.3 Å². The summed E-state index contributed by atoms with van der Waals surface area (Å²) >= 11 is 0. The van der Waals surface area contributed by atoms with Gasteiger partial charge >= 0.3 is 6.09 Å². The molecule has 0 saturated carbocycles. The van der Waals surface area contributed by atoms with Crippen LogP contribution in [0, 0.1) is 6.92 Å². The Labute approximate surface area is 194 Å². The van der Waals surface area contributed by atoms with Gasteiger partial charge in [-0.1, -0.05) is 38.1 Å². The summed E-state index contributed by atoms with van der Waals surface area (Å²) in [5.41, 5.74) is 10.1. The molecule has 0 atom stereocenters. The minimum absolute atomic E-state index is 0.0995. The zero-order valence-electron chi connectivity index (χ0n) is 20.0. The van der Waals surface area contributed by atoms with E-state index < -0.39 is 6.09 Å². The summed E-state index contributed by atoms with van der Waals surface area (Å²) < 4.78 is 11.9.